The number of benzene rings is 2. The van der Waals surface area contributed by atoms with E-state index in [0.717, 1.165) is 27.5 Å². The summed E-state index contributed by atoms with van der Waals surface area (Å²) in [5.74, 6) is -2.27. The number of carbonyl (C=O) groups excluding carboxylic acids is 1. The Hall–Kier alpha value is -3.55. The number of halogens is 2. The van der Waals surface area contributed by atoms with Crippen LogP contribution in [0.2, 0.25) is 0 Å². The molecule has 1 saturated heterocycles. The van der Waals surface area contributed by atoms with E-state index in [1.807, 2.05) is 42.5 Å². The van der Waals surface area contributed by atoms with E-state index >= 15 is 0 Å². The Morgan fingerprint density at radius 3 is 2.77 bits per heavy atom. The van der Waals surface area contributed by atoms with Gasteiger partial charge in [-0.25, -0.2) is 8.78 Å². The molecule has 2 aromatic heterocycles. The van der Waals surface area contributed by atoms with Gasteiger partial charge in [0.15, 0.2) is 5.82 Å². The first-order valence-electron chi connectivity index (χ1n) is 9.76. The first-order chi connectivity index (χ1) is 14.5. The van der Waals surface area contributed by atoms with E-state index in [1.165, 1.54) is 4.90 Å². The summed E-state index contributed by atoms with van der Waals surface area (Å²) < 4.78 is 26.9. The SMILES string of the molecule is O=C(c1cccc2cc(Nc3n[nH]c4cccnc34)ccc12)N1CCC(F)(F)CC1. The fourth-order valence-corrected chi connectivity index (χ4v) is 3.83. The van der Waals surface area contributed by atoms with E-state index in [4.69, 9.17) is 0 Å². The summed E-state index contributed by atoms with van der Waals surface area (Å²) in [6, 6.07) is 14.9. The Kier molecular flexibility index (Phi) is 4.34. The molecule has 1 fully saturated rings. The van der Waals surface area contributed by atoms with Gasteiger partial charge in [0.05, 0.1) is 5.52 Å². The molecular weight excluding hydrogens is 388 g/mol. The summed E-state index contributed by atoms with van der Waals surface area (Å²) in [4.78, 5) is 18.8. The fourth-order valence-electron chi connectivity index (χ4n) is 3.83. The molecule has 1 amide bonds. The van der Waals surface area contributed by atoms with E-state index in [2.05, 4.69) is 20.5 Å². The first-order valence-corrected chi connectivity index (χ1v) is 9.76. The van der Waals surface area contributed by atoms with Crippen molar-refractivity contribution in [2.75, 3.05) is 18.4 Å². The van der Waals surface area contributed by atoms with Gasteiger partial charge in [0.2, 0.25) is 0 Å². The highest BCUT2D eigenvalue weighted by atomic mass is 19.3. The number of likely N-dealkylation sites (tertiary alicyclic amines) is 1. The van der Waals surface area contributed by atoms with Crippen LogP contribution < -0.4 is 5.32 Å². The lowest BCUT2D eigenvalue weighted by atomic mass is 10.0. The minimum absolute atomic E-state index is 0.0705. The second-order valence-electron chi connectivity index (χ2n) is 7.49. The number of pyridine rings is 1. The van der Waals surface area contributed by atoms with Gasteiger partial charge in [-0.3, -0.25) is 14.9 Å². The molecule has 0 radical (unpaired) electrons. The smallest absolute Gasteiger partial charge is 0.254 e. The standard InChI is InChI=1S/C22H19F2N5O/c23-22(24)8-11-29(12-9-22)21(30)17-4-1-3-14-13-15(6-7-16(14)17)26-20-19-18(27-28-20)5-2-10-25-19/h1-7,10,13H,8-9,11-12H2,(H2,26,27,28). The minimum atomic E-state index is -2.68. The van der Waals surface area contributed by atoms with Gasteiger partial charge in [-0.1, -0.05) is 18.2 Å². The van der Waals surface area contributed by atoms with Crippen LogP contribution in [-0.4, -0.2) is 45.0 Å². The van der Waals surface area contributed by atoms with Gasteiger partial charge in [0, 0.05) is 43.4 Å². The van der Waals surface area contributed by atoms with Crippen LogP contribution in [0.25, 0.3) is 21.8 Å². The molecular formula is C22H19F2N5O. The second-order valence-corrected chi connectivity index (χ2v) is 7.49. The van der Waals surface area contributed by atoms with Crippen molar-refractivity contribution in [2.45, 2.75) is 18.8 Å². The predicted octanol–water partition coefficient (Wildman–Crippen LogP) is 4.73. The molecule has 0 saturated carbocycles. The van der Waals surface area contributed by atoms with Crippen molar-refractivity contribution in [3.8, 4) is 0 Å². The maximum Gasteiger partial charge on any atom is 0.254 e. The van der Waals surface area contributed by atoms with Crippen molar-refractivity contribution in [1.29, 1.82) is 0 Å². The van der Waals surface area contributed by atoms with Crippen LogP contribution in [0.5, 0.6) is 0 Å². The van der Waals surface area contributed by atoms with Crippen molar-refractivity contribution < 1.29 is 13.6 Å². The minimum Gasteiger partial charge on any atom is -0.338 e. The number of hydrogen-bond acceptors (Lipinski definition) is 4. The third-order valence-electron chi connectivity index (χ3n) is 5.48. The van der Waals surface area contributed by atoms with Gasteiger partial charge in [0.1, 0.15) is 5.52 Å². The highest BCUT2D eigenvalue weighted by molar-refractivity contribution is 6.07. The molecule has 0 bridgehead atoms. The zero-order valence-corrected chi connectivity index (χ0v) is 16.0. The van der Waals surface area contributed by atoms with Crippen LogP contribution in [0.1, 0.15) is 23.2 Å². The summed E-state index contributed by atoms with van der Waals surface area (Å²) in [6.45, 7) is 0.141. The van der Waals surface area contributed by atoms with E-state index in [-0.39, 0.29) is 31.8 Å². The number of rotatable bonds is 3. The Labute approximate surface area is 170 Å². The number of anilines is 2. The van der Waals surface area contributed by atoms with Crippen LogP contribution in [-0.2, 0) is 0 Å². The van der Waals surface area contributed by atoms with Gasteiger partial charge in [-0.05, 0) is 41.1 Å². The molecule has 6 nitrogen and oxygen atoms in total. The topological polar surface area (TPSA) is 73.9 Å². The predicted molar refractivity (Wildman–Crippen MR) is 111 cm³/mol. The van der Waals surface area contributed by atoms with Crippen molar-refractivity contribution in [3.05, 3.63) is 60.3 Å². The molecule has 0 unspecified atom stereocenters. The van der Waals surface area contributed by atoms with Crippen LogP contribution in [0.4, 0.5) is 20.3 Å². The molecule has 8 heteroatoms. The lowest BCUT2D eigenvalue weighted by molar-refractivity contribution is -0.0493. The summed E-state index contributed by atoms with van der Waals surface area (Å²) in [5.41, 5.74) is 2.91. The number of aromatic amines is 1. The molecule has 0 atom stereocenters. The third kappa shape index (κ3) is 3.34. The zero-order chi connectivity index (χ0) is 20.7. The monoisotopic (exact) mass is 407 g/mol. The number of H-pyrrole nitrogens is 1. The lowest BCUT2D eigenvalue weighted by Gasteiger charge is -2.32. The maximum atomic E-state index is 13.4. The first kappa shape index (κ1) is 18.5. The summed E-state index contributed by atoms with van der Waals surface area (Å²) >= 11 is 0. The molecule has 2 aromatic carbocycles. The molecule has 0 spiro atoms. The molecule has 0 aliphatic carbocycles. The zero-order valence-electron chi connectivity index (χ0n) is 16.0. The fraction of sp³-hybridized carbons (Fsp3) is 0.227. The number of carbonyl (C=O) groups is 1. The van der Waals surface area contributed by atoms with Crippen LogP contribution in [0.15, 0.2) is 54.7 Å². The van der Waals surface area contributed by atoms with Crippen molar-refractivity contribution in [2.24, 2.45) is 0 Å². The molecule has 1 aliphatic rings. The second kappa shape index (κ2) is 7.05. The Balaban J connectivity index is 1.43. The number of nitrogens with one attached hydrogen (secondary N) is 2. The number of alkyl halides is 2. The molecule has 5 rings (SSSR count). The largest absolute Gasteiger partial charge is 0.338 e. The number of nitrogens with zero attached hydrogens (tertiary/aromatic N) is 3. The van der Waals surface area contributed by atoms with Crippen molar-refractivity contribution >= 4 is 39.2 Å². The van der Waals surface area contributed by atoms with E-state index in [9.17, 15) is 13.6 Å². The Morgan fingerprint density at radius 2 is 1.93 bits per heavy atom. The maximum absolute atomic E-state index is 13.4. The van der Waals surface area contributed by atoms with Crippen LogP contribution in [0.3, 0.4) is 0 Å². The van der Waals surface area contributed by atoms with Gasteiger partial charge < -0.3 is 10.2 Å². The molecule has 2 N–H and O–H groups in total. The average Bonchev–Trinajstić information content (AvgIpc) is 3.15. The normalized spacial score (nSPS) is 16.1. The molecule has 3 heterocycles. The quantitative estimate of drug-likeness (QED) is 0.515. The Morgan fingerprint density at radius 1 is 1.10 bits per heavy atom. The third-order valence-corrected chi connectivity index (χ3v) is 5.48. The molecule has 4 aromatic rings. The van der Waals surface area contributed by atoms with Crippen molar-refractivity contribution in [3.63, 3.8) is 0 Å². The molecule has 152 valence electrons. The van der Waals surface area contributed by atoms with E-state index < -0.39 is 5.92 Å². The molecule has 1 aliphatic heterocycles. The lowest BCUT2D eigenvalue weighted by Crippen LogP contribution is -2.42. The van der Waals surface area contributed by atoms with Crippen LogP contribution >= 0.6 is 0 Å². The highest BCUT2D eigenvalue weighted by Crippen LogP contribution is 2.30. The number of fused-ring (bicyclic) bond motifs is 2. The Bertz CT molecular complexity index is 1240. The van der Waals surface area contributed by atoms with E-state index in [0.29, 0.717) is 11.4 Å². The summed E-state index contributed by atoms with van der Waals surface area (Å²) in [5, 5.41) is 12.1. The van der Waals surface area contributed by atoms with Crippen LogP contribution in [0, 0.1) is 0 Å². The number of hydrogen-bond donors (Lipinski definition) is 2. The number of amides is 1. The average molecular weight is 407 g/mol. The van der Waals surface area contributed by atoms with Crippen molar-refractivity contribution in [1.82, 2.24) is 20.1 Å². The summed E-state index contributed by atoms with van der Waals surface area (Å²) in [6.07, 6.45) is 1.13. The van der Waals surface area contributed by atoms with Gasteiger partial charge in [0.25, 0.3) is 11.8 Å². The number of aromatic nitrogens is 3. The summed E-state index contributed by atoms with van der Waals surface area (Å²) in [7, 11) is 0. The van der Waals surface area contributed by atoms with Gasteiger partial charge in [-0.15, -0.1) is 0 Å². The van der Waals surface area contributed by atoms with E-state index in [1.54, 1.807) is 12.3 Å². The van der Waals surface area contributed by atoms with Gasteiger partial charge in [-0.2, -0.15) is 5.10 Å². The number of piperidine rings is 1. The molecule has 30 heavy (non-hydrogen) atoms. The highest BCUT2D eigenvalue weighted by Gasteiger charge is 2.36. The van der Waals surface area contributed by atoms with Gasteiger partial charge >= 0.3 is 0 Å².